The van der Waals surface area contributed by atoms with Gasteiger partial charge in [0.05, 0.1) is 10.5 Å². The topological polar surface area (TPSA) is 101 Å². The molecule has 0 atom stereocenters. The molecule has 2 rings (SSSR count). The van der Waals surface area contributed by atoms with E-state index in [0.717, 1.165) is 19.4 Å². The van der Waals surface area contributed by atoms with Crippen LogP contribution in [0.4, 0.5) is 5.69 Å². The van der Waals surface area contributed by atoms with Crippen LogP contribution >= 0.6 is 0 Å². The maximum atomic E-state index is 10.9. The van der Waals surface area contributed by atoms with E-state index in [9.17, 15) is 10.1 Å². The van der Waals surface area contributed by atoms with Gasteiger partial charge in [0.15, 0.2) is 0 Å². The van der Waals surface area contributed by atoms with Crippen LogP contribution in [-0.4, -0.2) is 29.6 Å². The zero-order chi connectivity index (χ0) is 13.8. The molecule has 0 aromatic carbocycles. The molecule has 0 aliphatic heterocycles. The summed E-state index contributed by atoms with van der Waals surface area (Å²) in [6, 6.07) is 3.01. The Morgan fingerprint density at radius 1 is 1.68 bits per heavy atom. The van der Waals surface area contributed by atoms with Gasteiger partial charge in [0.25, 0.3) is 5.88 Å². The van der Waals surface area contributed by atoms with E-state index in [2.05, 4.69) is 10.3 Å². The van der Waals surface area contributed by atoms with Crippen molar-refractivity contribution < 1.29 is 9.66 Å². The number of nitriles is 1. The molecule has 0 bridgehead atoms. The zero-order valence-corrected chi connectivity index (χ0v) is 10.5. The Bertz CT molecular complexity index is 520. The molecular formula is C12H14N4O3. The number of ether oxygens (including phenoxy) is 1. The van der Waals surface area contributed by atoms with E-state index in [1.54, 1.807) is 0 Å². The smallest absolute Gasteiger partial charge is 0.332 e. The van der Waals surface area contributed by atoms with Gasteiger partial charge in [-0.05, 0) is 32.4 Å². The molecule has 0 radical (unpaired) electrons. The summed E-state index contributed by atoms with van der Waals surface area (Å²) in [4.78, 5) is 14.2. The maximum absolute atomic E-state index is 10.9. The van der Waals surface area contributed by atoms with E-state index < -0.39 is 4.92 Å². The van der Waals surface area contributed by atoms with Crippen LogP contribution in [-0.2, 0) is 0 Å². The Labute approximate surface area is 110 Å². The van der Waals surface area contributed by atoms with Crippen LogP contribution in [0.2, 0.25) is 0 Å². The molecule has 1 aliphatic carbocycles. The molecule has 19 heavy (non-hydrogen) atoms. The van der Waals surface area contributed by atoms with Crippen molar-refractivity contribution in [3.63, 3.8) is 0 Å². The lowest BCUT2D eigenvalue weighted by molar-refractivity contribution is -0.386. The molecule has 1 aromatic rings. The van der Waals surface area contributed by atoms with Crippen LogP contribution in [0.15, 0.2) is 12.3 Å². The Morgan fingerprint density at radius 3 is 3.00 bits per heavy atom. The van der Waals surface area contributed by atoms with Gasteiger partial charge in [0, 0.05) is 12.3 Å². The Kier molecular flexibility index (Phi) is 3.92. The monoisotopic (exact) mass is 262 g/mol. The van der Waals surface area contributed by atoms with E-state index in [-0.39, 0.29) is 23.2 Å². The first-order chi connectivity index (χ1) is 9.13. The van der Waals surface area contributed by atoms with Gasteiger partial charge in [0.2, 0.25) is 0 Å². The molecule has 7 nitrogen and oxygen atoms in total. The van der Waals surface area contributed by atoms with Crippen molar-refractivity contribution in [2.45, 2.75) is 18.9 Å². The third-order valence-corrected chi connectivity index (χ3v) is 3.12. The maximum Gasteiger partial charge on any atom is 0.332 e. The van der Waals surface area contributed by atoms with Gasteiger partial charge >= 0.3 is 5.69 Å². The molecule has 0 amide bonds. The number of hydrogen-bond donors (Lipinski definition) is 1. The predicted octanol–water partition coefficient (Wildman–Crippen LogP) is 1.24. The van der Waals surface area contributed by atoms with Gasteiger partial charge in [-0.1, -0.05) is 0 Å². The highest BCUT2D eigenvalue weighted by atomic mass is 16.6. The van der Waals surface area contributed by atoms with E-state index in [0.29, 0.717) is 5.92 Å². The van der Waals surface area contributed by atoms with E-state index in [1.807, 2.05) is 13.1 Å². The number of aromatic nitrogens is 1. The van der Waals surface area contributed by atoms with Crippen molar-refractivity contribution in [1.29, 1.82) is 5.26 Å². The summed E-state index contributed by atoms with van der Waals surface area (Å²) in [6.45, 7) is 0.919. The number of nitrogens with zero attached hydrogens (tertiary/aromatic N) is 3. The van der Waals surface area contributed by atoms with Crippen molar-refractivity contribution in [2.24, 2.45) is 5.92 Å². The minimum absolute atomic E-state index is 0.00286. The third-order valence-electron chi connectivity index (χ3n) is 3.12. The van der Waals surface area contributed by atoms with Crippen molar-refractivity contribution in [1.82, 2.24) is 10.3 Å². The lowest BCUT2D eigenvalue weighted by atomic mass is 9.82. The van der Waals surface area contributed by atoms with Gasteiger partial charge in [-0.15, -0.1) is 0 Å². The molecule has 1 aliphatic rings. The van der Waals surface area contributed by atoms with Gasteiger partial charge in [-0.2, -0.15) is 5.26 Å². The van der Waals surface area contributed by atoms with E-state index in [4.69, 9.17) is 10.00 Å². The van der Waals surface area contributed by atoms with Crippen molar-refractivity contribution in [2.75, 3.05) is 13.6 Å². The second-order valence-electron chi connectivity index (χ2n) is 4.55. The molecule has 0 saturated heterocycles. The molecule has 1 N–H and O–H groups in total. The van der Waals surface area contributed by atoms with Crippen LogP contribution in [0.3, 0.4) is 0 Å². The fourth-order valence-electron chi connectivity index (χ4n) is 2.11. The third kappa shape index (κ3) is 2.98. The van der Waals surface area contributed by atoms with Gasteiger partial charge in [0.1, 0.15) is 12.2 Å². The first-order valence-electron chi connectivity index (χ1n) is 5.99. The summed E-state index contributed by atoms with van der Waals surface area (Å²) < 4.78 is 5.53. The first kappa shape index (κ1) is 13.2. The van der Waals surface area contributed by atoms with Crippen LogP contribution < -0.4 is 10.1 Å². The molecule has 1 fully saturated rings. The quantitative estimate of drug-likeness (QED) is 0.632. The highest BCUT2D eigenvalue weighted by Gasteiger charge is 2.32. The Morgan fingerprint density at radius 2 is 2.42 bits per heavy atom. The average Bonchev–Trinajstić information content (AvgIpc) is 2.36. The number of rotatable bonds is 5. The van der Waals surface area contributed by atoms with Crippen LogP contribution in [0, 0.1) is 27.4 Å². The Hall–Kier alpha value is -2.20. The van der Waals surface area contributed by atoms with Crippen molar-refractivity contribution in [3.05, 3.63) is 27.9 Å². The molecule has 0 spiro atoms. The predicted molar refractivity (Wildman–Crippen MR) is 66.7 cm³/mol. The van der Waals surface area contributed by atoms with Crippen LogP contribution in [0.25, 0.3) is 0 Å². The highest BCUT2D eigenvalue weighted by molar-refractivity contribution is 5.46. The van der Waals surface area contributed by atoms with Gasteiger partial charge in [-0.3, -0.25) is 10.1 Å². The number of nitrogens with one attached hydrogen (secondary N) is 1. The standard InChI is InChI=1S/C12H14N4O3/c1-14-6-8-2-10(3-8)19-12-11(16(17)18)4-9(5-13)7-15-12/h4,7-8,10,14H,2-3,6H2,1H3. The van der Waals surface area contributed by atoms with Crippen LogP contribution in [0.1, 0.15) is 18.4 Å². The fraction of sp³-hybridized carbons (Fsp3) is 0.500. The molecule has 1 saturated carbocycles. The lowest BCUT2D eigenvalue weighted by Crippen LogP contribution is -2.38. The minimum atomic E-state index is -0.576. The van der Waals surface area contributed by atoms with E-state index >= 15 is 0 Å². The summed E-state index contributed by atoms with van der Waals surface area (Å²) in [5, 5.41) is 22.7. The van der Waals surface area contributed by atoms with Gasteiger partial charge in [-0.25, -0.2) is 4.98 Å². The molecule has 100 valence electrons. The summed E-state index contributed by atoms with van der Waals surface area (Å²) in [5.74, 6) is 0.546. The molecule has 0 unspecified atom stereocenters. The number of nitro groups is 1. The summed E-state index contributed by atoms with van der Waals surface area (Å²) >= 11 is 0. The largest absolute Gasteiger partial charge is 0.469 e. The number of pyridine rings is 1. The second kappa shape index (κ2) is 5.63. The van der Waals surface area contributed by atoms with E-state index in [1.165, 1.54) is 12.3 Å². The van der Waals surface area contributed by atoms with Crippen molar-refractivity contribution >= 4 is 5.69 Å². The molecule has 1 heterocycles. The van der Waals surface area contributed by atoms with Gasteiger partial charge < -0.3 is 10.1 Å². The fourth-order valence-corrected chi connectivity index (χ4v) is 2.11. The SMILES string of the molecule is CNCC1CC(Oc2ncc(C#N)cc2[N+](=O)[O-])C1. The highest BCUT2D eigenvalue weighted by Crippen LogP contribution is 2.33. The second-order valence-corrected chi connectivity index (χ2v) is 4.55. The average molecular weight is 262 g/mol. The molecular weight excluding hydrogens is 248 g/mol. The molecule has 7 heteroatoms. The number of hydrogen-bond acceptors (Lipinski definition) is 6. The lowest BCUT2D eigenvalue weighted by Gasteiger charge is -2.34. The minimum Gasteiger partial charge on any atom is -0.469 e. The Balaban J connectivity index is 2.05. The summed E-state index contributed by atoms with van der Waals surface area (Å²) in [7, 11) is 1.89. The summed E-state index contributed by atoms with van der Waals surface area (Å²) in [6.07, 6.45) is 2.98. The summed E-state index contributed by atoms with van der Waals surface area (Å²) in [5.41, 5.74) is -0.100. The van der Waals surface area contributed by atoms with Crippen LogP contribution in [0.5, 0.6) is 5.88 Å². The first-order valence-corrected chi connectivity index (χ1v) is 5.99. The zero-order valence-electron chi connectivity index (χ0n) is 10.5. The normalized spacial score (nSPS) is 21.3. The molecule has 1 aromatic heterocycles. The van der Waals surface area contributed by atoms with Crippen molar-refractivity contribution in [3.8, 4) is 11.9 Å².